The van der Waals surface area contributed by atoms with E-state index in [4.69, 9.17) is 5.11 Å². The molecule has 3 aromatic rings. The molecule has 0 spiro atoms. The van der Waals surface area contributed by atoms with Gasteiger partial charge < -0.3 is 10.0 Å². The summed E-state index contributed by atoms with van der Waals surface area (Å²) in [6.07, 6.45) is -0.161. The molecule has 0 aliphatic heterocycles. The van der Waals surface area contributed by atoms with Crippen LogP contribution in [0.15, 0.2) is 46.3 Å². The Morgan fingerprint density at radius 2 is 2.04 bits per heavy atom. The fourth-order valence-corrected chi connectivity index (χ4v) is 4.96. The summed E-state index contributed by atoms with van der Waals surface area (Å²) < 4.78 is 0.849. The van der Waals surface area contributed by atoms with Gasteiger partial charge in [0.15, 0.2) is 5.13 Å². The van der Waals surface area contributed by atoms with Crippen LogP contribution in [-0.2, 0) is 17.8 Å². The number of nitrogens with zero attached hydrogens (tertiary/aromatic N) is 2. The van der Waals surface area contributed by atoms with Gasteiger partial charge in [0.1, 0.15) is 5.00 Å². The first kappa shape index (κ1) is 19.5. The number of anilines is 2. The average Bonchev–Trinajstić information content (AvgIpc) is 3.21. The molecule has 6 nitrogen and oxygen atoms in total. The lowest BCUT2D eigenvalue weighted by Crippen LogP contribution is -2.15. The van der Waals surface area contributed by atoms with E-state index in [1.807, 2.05) is 25.2 Å². The summed E-state index contributed by atoms with van der Waals surface area (Å²) in [5.41, 5.74) is 1.61. The smallest absolute Gasteiger partial charge is 0.309 e. The highest BCUT2D eigenvalue weighted by Crippen LogP contribution is 2.36. The normalized spacial score (nSPS) is 10.6. The molecule has 0 radical (unpaired) electrons. The number of thiazole rings is 1. The van der Waals surface area contributed by atoms with Crippen molar-refractivity contribution in [3.05, 3.63) is 62.4 Å². The van der Waals surface area contributed by atoms with Crippen molar-refractivity contribution in [3.8, 4) is 0 Å². The van der Waals surface area contributed by atoms with E-state index in [2.05, 4.69) is 43.3 Å². The lowest BCUT2D eigenvalue weighted by Gasteiger charge is -2.17. The van der Waals surface area contributed by atoms with Crippen molar-refractivity contribution in [1.29, 1.82) is 0 Å². The molecular weight excluding hydrogens is 450 g/mol. The predicted molar refractivity (Wildman–Crippen MR) is 112 cm³/mol. The van der Waals surface area contributed by atoms with Gasteiger partial charge >= 0.3 is 5.97 Å². The number of carbonyl (C=O) groups excluding carboxylic acids is 1. The van der Waals surface area contributed by atoms with Crippen LogP contribution in [0.4, 0.5) is 10.1 Å². The summed E-state index contributed by atoms with van der Waals surface area (Å²) in [5.74, 6) is -1.22. The molecule has 0 aliphatic rings. The Labute approximate surface area is 172 Å². The maximum atomic E-state index is 12.5. The lowest BCUT2D eigenvalue weighted by atomic mass is 10.2. The Hall–Kier alpha value is -2.23. The zero-order valence-corrected chi connectivity index (χ0v) is 17.5. The summed E-state index contributed by atoms with van der Waals surface area (Å²) in [6, 6.07) is 11.9. The number of carboxylic acids is 1. The van der Waals surface area contributed by atoms with Crippen LogP contribution >= 0.6 is 38.6 Å². The number of aliphatic carboxylic acids is 1. The predicted octanol–water partition coefficient (Wildman–Crippen LogP) is 4.48. The largest absolute Gasteiger partial charge is 0.481 e. The minimum absolute atomic E-state index is 0.161. The van der Waals surface area contributed by atoms with Gasteiger partial charge in [-0.15, -0.1) is 22.7 Å². The van der Waals surface area contributed by atoms with Gasteiger partial charge in [0, 0.05) is 19.0 Å². The van der Waals surface area contributed by atoms with Gasteiger partial charge in [0.2, 0.25) is 0 Å². The molecule has 1 amide bonds. The molecule has 3 rings (SSSR count). The number of thiophene rings is 1. The monoisotopic (exact) mass is 465 g/mol. The van der Waals surface area contributed by atoms with Crippen LogP contribution in [0.25, 0.3) is 0 Å². The standard InChI is InChI=1S/C18H16BrN3O3S2/c1-22(9-11-5-3-2-4-6-11)17-13(19)8-14(27-17)16(25)21-18-20-12(10-26-18)7-15(23)24/h2-6,8,10H,7,9H2,1H3,(H,23,24)(H,20,21,25). The first-order valence-electron chi connectivity index (χ1n) is 7.94. The first-order chi connectivity index (χ1) is 12.9. The summed E-state index contributed by atoms with van der Waals surface area (Å²) in [5, 5.41) is 14.5. The van der Waals surface area contributed by atoms with Gasteiger partial charge in [-0.3, -0.25) is 14.9 Å². The van der Waals surface area contributed by atoms with Crippen LogP contribution < -0.4 is 10.2 Å². The minimum atomic E-state index is -0.952. The summed E-state index contributed by atoms with van der Waals surface area (Å²) >= 11 is 6.12. The Bertz CT molecular complexity index is 956. The van der Waals surface area contributed by atoms with Crippen LogP contribution in [0.3, 0.4) is 0 Å². The third-order valence-corrected chi connectivity index (χ3v) is 6.53. The maximum absolute atomic E-state index is 12.5. The van der Waals surface area contributed by atoms with E-state index in [9.17, 15) is 9.59 Å². The molecule has 0 saturated heterocycles. The van der Waals surface area contributed by atoms with E-state index < -0.39 is 5.97 Å². The Balaban J connectivity index is 1.68. The van der Waals surface area contributed by atoms with E-state index in [1.165, 1.54) is 28.2 Å². The highest BCUT2D eigenvalue weighted by atomic mass is 79.9. The van der Waals surface area contributed by atoms with Gasteiger partial charge in [-0.1, -0.05) is 30.3 Å². The summed E-state index contributed by atoms with van der Waals surface area (Å²) in [7, 11) is 1.98. The molecule has 0 aliphatic carbocycles. The molecule has 2 aromatic heterocycles. The number of hydrogen-bond acceptors (Lipinski definition) is 6. The average molecular weight is 466 g/mol. The van der Waals surface area contributed by atoms with Gasteiger partial charge in [-0.2, -0.15) is 0 Å². The summed E-state index contributed by atoms with van der Waals surface area (Å²) in [4.78, 5) is 30.0. The number of benzene rings is 1. The number of amides is 1. The molecule has 0 atom stereocenters. The first-order valence-corrected chi connectivity index (χ1v) is 10.4. The number of aromatic nitrogens is 1. The fourth-order valence-electron chi connectivity index (χ4n) is 2.42. The maximum Gasteiger partial charge on any atom is 0.309 e. The van der Waals surface area contributed by atoms with Crippen LogP contribution in [0.1, 0.15) is 20.9 Å². The number of carboxylic acid groups (broad SMARTS) is 1. The Morgan fingerprint density at radius 1 is 1.30 bits per heavy atom. The zero-order valence-electron chi connectivity index (χ0n) is 14.3. The Kier molecular flexibility index (Phi) is 6.25. The van der Waals surface area contributed by atoms with Crippen molar-refractivity contribution >= 4 is 60.6 Å². The lowest BCUT2D eigenvalue weighted by molar-refractivity contribution is -0.136. The number of halogens is 1. The van der Waals surface area contributed by atoms with Gasteiger partial charge in [0.05, 0.1) is 21.5 Å². The quantitative estimate of drug-likeness (QED) is 0.537. The molecular formula is C18H16BrN3O3S2. The number of rotatable bonds is 7. The topological polar surface area (TPSA) is 82.5 Å². The fraction of sp³-hybridized carbons (Fsp3) is 0.167. The molecule has 0 unspecified atom stereocenters. The highest BCUT2D eigenvalue weighted by molar-refractivity contribution is 9.10. The number of carbonyl (C=O) groups is 2. The van der Waals surface area contributed by atoms with Crippen LogP contribution in [-0.4, -0.2) is 29.0 Å². The minimum Gasteiger partial charge on any atom is -0.481 e. The van der Waals surface area contributed by atoms with Gasteiger partial charge in [0.25, 0.3) is 5.91 Å². The molecule has 140 valence electrons. The van der Waals surface area contributed by atoms with Crippen LogP contribution in [0.2, 0.25) is 0 Å². The second-order valence-corrected chi connectivity index (χ2v) is 8.52. The third kappa shape index (κ3) is 5.15. The number of nitrogens with one attached hydrogen (secondary N) is 1. The van der Waals surface area contributed by atoms with E-state index in [-0.39, 0.29) is 12.3 Å². The molecule has 2 N–H and O–H groups in total. The number of hydrogen-bond donors (Lipinski definition) is 2. The summed E-state index contributed by atoms with van der Waals surface area (Å²) in [6.45, 7) is 0.728. The second-order valence-electron chi connectivity index (χ2n) is 5.77. The van der Waals surface area contributed by atoms with E-state index in [0.717, 1.165) is 16.0 Å². The Morgan fingerprint density at radius 3 is 2.74 bits per heavy atom. The SMILES string of the molecule is CN(Cc1ccccc1)c1sc(C(=O)Nc2nc(CC(=O)O)cs2)cc1Br. The van der Waals surface area contributed by atoms with Crippen molar-refractivity contribution in [1.82, 2.24) is 4.98 Å². The van der Waals surface area contributed by atoms with Crippen LogP contribution in [0, 0.1) is 0 Å². The van der Waals surface area contributed by atoms with Crippen molar-refractivity contribution in [2.45, 2.75) is 13.0 Å². The second kappa shape index (κ2) is 8.64. The molecule has 1 aromatic carbocycles. The van der Waals surface area contributed by atoms with E-state index in [1.54, 1.807) is 11.4 Å². The van der Waals surface area contributed by atoms with Crippen LogP contribution in [0.5, 0.6) is 0 Å². The van der Waals surface area contributed by atoms with Gasteiger partial charge in [-0.25, -0.2) is 4.98 Å². The van der Waals surface area contributed by atoms with Crippen molar-refractivity contribution in [2.75, 3.05) is 17.3 Å². The molecule has 0 fully saturated rings. The molecule has 0 saturated carbocycles. The zero-order chi connectivity index (χ0) is 19.4. The van der Waals surface area contributed by atoms with E-state index in [0.29, 0.717) is 15.7 Å². The van der Waals surface area contributed by atoms with Crippen molar-refractivity contribution in [3.63, 3.8) is 0 Å². The van der Waals surface area contributed by atoms with Gasteiger partial charge in [-0.05, 0) is 27.6 Å². The molecule has 0 bridgehead atoms. The molecule has 2 heterocycles. The third-order valence-electron chi connectivity index (χ3n) is 3.61. The van der Waals surface area contributed by atoms with Crippen molar-refractivity contribution < 1.29 is 14.7 Å². The molecule has 9 heteroatoms. The van der Waals surface area contributed by atoms with Crippen molar-refractivity contribution in [2.24, 2.45) is 0 Å². The highest BCUT2D eigenvalue weighted by Gasteiger charge is 2.17. The molecule has 27 heavy (non-hydrogen) atoms. The van der Waals surface area contributed by atoms with E-state index >= 15 is 0 Å².